The molecule has 0 saturated carbocycles. The third-order valence-electron chi connectivity index (χ3n) is 4.89. The summed E-state index contributed by atoms with van der Waals surface area (Å²) in [5.74, 6) is -0.268. The molecule has 7 nitrogen and oxygen atoms in total. The molecule has 0 aliphatic heterocycles. The fourth-order valence-corrected chi connectivity index (χ4v) is 3.33. The smallest absolute Gasteiger partial charge is 0.392 e. The lowest BCUT2D eigenvalue weighted by molar-refractivity contribution is 0.0656. The van der Waals surface area contributed by atoms with Crippen molar-refractivity contribution in [3.05, 3.63) is 96.0 Å². The van der Waals surface area contributed by atoms with Crippen LogP contribution in [0.1, 0.15) is 21.9 Å². The molecule has 32 heavy (non-hydrogen) atoms. The number of carbonyl (C=O) groups is 1. The first-order valence-electron chi connectivity index (χ1n) is 9.97. The maximum atomic E-state index is 11.0. The zero-order valence-corrected chi connectivity index (χ0v) is 16.9. The Bertz CT molecular complexity index is 1430. The van der Waals surface area contributed by atoms with Gasteiger partial charge in [0, 0.05) is 11.5 Å². The van der Waals surface area contributed by atoms with Gasteiger partial charge >= 0.3 is 11.9 Å². The molecule has 5 rings (SSSR count). The highest BCUT2D eigenvalue weighted by Crippen LogP contribution is 2.23. The third kappa shape index (κ3) is 4.22. The normalized spacial score (nSPS) is 11.0. The first kappa shape index (κ1) is 19.6. The van der Waals surface area contributed by atoms with Gasteiger partial charge in [-0.15, -0.1) is 0 Å². The van der Waals surface area contributed by atoms with Gasteiger partial charge in [-0.3, -0.25) is 0 Å². The van der Waals surface area contributed by atoms with Crippen molar-refractivity contribution in [3.8, 4) is 11.5 Å². The summed E-state index contributed by atoms with van der Waals surface area (Å²) in [6.45, 7) is 0.685. The summed E-state index contributed by atoms with van der Waals surface area (Å²) in [4.78, 5) is 19.6. The number of hydrogen-bond donors (Lipinski definition) is 1. The molecule has 5 aromatic rings. The van der Waals surface area contributed by atoms with Gasteiger partial charge < -0.3 is 19.0 Å². The monoisotopic (exact) mass is 426 g/mol. The number of hydrogen-bond acceptors (Lipinski definition) is 6. The van der Waals surface area contributed by atoms with Gasteiger partial charge in [-0.25, -0.2) is 14.8 Å². The second-order valence-electron chi connectivity index (χ2n) is 7.17. The van der Waals surface area contributed by atoms with Crippen molar-refractivity contribution < 1.29 is 23.8 Å². The molecule has 0 radical (unpaired) electrons. The number of carboxylic acid groups (broad SMARTS) is 1. The van der Waals surface area contributed by atoms with E-state index in [2.05, 4.69) is 9.97 Å². The lowest BCUT2D eigenvalue weighted by Gasteiger charge is -2.10. The van der Waals surface area contributed by atoms with Crippen LogP contribution in [0.3, 0.4) is 0 Å². The molecule has 2 heterocycles. The molecule has 0 atom stereocenters. The molecular weight excluding hydrogens is 408 g/mol. The predicted molar refractivity (Wildman–Crippen MR) is 118 cm³/mol. The van der Waals surface area contributed by atoms with Gasteiger partial charge in [-0.2, -0.15) is 0 Å². The van der Waals surface area contributed by atoms with Crippen LogP contribution >= 0.6 is 0 Å². The standard InChI is InChI=1S/C25H18N2O5/c28-25(29)24-27-22-13-20(10-11-23(22)32-24)30-14-16-4-3-6-19(12-16)31-15-18-9-8-17-5-1-2-7-21(17)26-18/h1-13H,14-15H2,(H,28,29). The highest BCUT2D eigenvalue weighted by atomic mass is 16.5. The molecule has 158 valence electrons. The van der Waals surface area contributed by atoms with Gasteiger partial charge in [0.05, 0.1) is 11.2 Å². The van der Waals surface area contributed by atoms with Crippen molar-refractivity contribution in [2.75, 3.05) is 0 Å². The molecule has 0 amide bonds. The van der Waals surface area contributed by atoms with Crippen LogP contribution in [-0.2, 0) is 13.2 Å². The number of rotatable bonds is 7. The Labute approximate surface area is 182 Å². The minimum Gasteiger partial charge on any atom is -0.489 e. The number of oxazole rings is 1. The van der Waals surface area contributed by atoms with Crippen LogP contribution in [0.4, 0.5) is 0 Å². The van der Waals surface area contributed by atoms with E-state index in [1.54, 1.807) is 18.2 Å². The molecule has 2 aromatic heterocycles. The van der Waals surface area contributed by atoms with Crippen LogP contribution in [0.5, 0.6) is 11.5 Å². The Morgan fingerprint density at radius 2 is 1.66 bits per heavy atom. The van der Waals surface area contributed by atoms with Gasteiger partial charge in [0.25, 0.3) is 0 Å². The number of ether oxygens (including phenoxy) is 2. The second-order valence-corrected chi connectivity index (χ2v) is 7.17. The van der Waals surface area contributed by atoms with Crippen LogP contribution in [0, 0.1) is 0 Å². The van der Waals surface area contributed by atoms with Crippen molar-refractivity contribution in [1.29, 1.82) is 0 Å². The number of carboxylic acids is 1. The minimum absolute atomic E-state index is 0.320. The number of pyridine rings is 1. The van der Waals surface area contributed by atoms with Crippen molar-refractivity contribution in [2.24, 2.45) is 0 Å². The summed E-state index contributed by atoms with van der Waals surface area (Å²) in [6.07, 6.45) is 0. The van der Waals surface area contributed by atoms with Crippen molar-refractivity contribution in [1.82, 2.24) is 9.97 Å². The Morgan fingerprint density at radius 1 is 0.812 bits per heavy atom. The molecule has 3 aromatic carbocycles. The summed E-state index contributed by atoms with van der Waals surface area (Å²) < 4.78 is 16.9. The number of aromatic nitrogens is 2. The Morgan fingerprint density at radius 3 is 2.56 bits per heavy atom. The summed E-state index contributed by atoms with van der Waals surface area (Å²) in [5.41, 5.74) is 3.55. The van der Waals surface area contributed by atoms with Crippen LogP contribution in [0.2, 0.25) is 0 Å². The van der Waals surface area contributed by atoms with Crippen LogP contribution in [0.25, 0.3) is 22.0 Å². The number of fused-ring (bicyclic) bond motifs is 2. The van der Waals surface area contributed by atoms with Gasteiger partial charge in [-0.1, -0.05) is 36.4 Å². The number of para-hydroxylation sites is 1. The van der Waals surface area contributed by atoms with Gasteiger partial charge in [0.15, 0.2) is 5.58 Å². The number of benzene rings is 3. The SMILES string of the molecule is O=C(O)c1nc2cc(OCc3cccc(OCc4ccc5ccccc5n4)c3)ccc2o1. The third-order valence-corrected chi connectivity index (χ3v) is 4.89. The maximum Gasteiger partial charge on any atom is 0.392 e. The van der Waals surface area contributed by atoms with Gasteiger partial charge in [-0.05, 0) is 42.0 Å². The zero-order valence-electron chi connectivity index (χ0n) is 16.9. The molecule has 0 saturated heterocycles. The largest absolute Gasteiger partial charge is 0.489 e. The van der Waals surface area contributed by atoms with E-state index in [9.17, 15) is 4.79 Å². The molecule has 0 unspecified atom stereocenters. The van der Waals surface area contributed by atoms with E-state index in [0.717, 1.165) is 27.9 Å². The molecular formula is C25H18N2O5. The summed E-state index contributed by atoms with van der Waals surface area (Å²) in [5, 5.41) is 10.1. The molecule has 0 aliphatic carbocycles. The fraction of sp³-hybridized carbons (Fsp3) is 0.0800. The van der Waals surface area contributed by atoms with Crippen molar-refractivity contribution in [3.63, 3.8) is 0 Å². The molecule has 0 aliphatic rings. The van der Waals surface area contributed by atoms with Crippen LogP contribution < -0.4 is 9.47 Å². The van der Waals surface area contributed by atoms with E-state index < -0.39 is 5.97 Å². The minimum atomic E-state index is -1.21. The van der Waals surface area contributed by atoms with Crippen molar-refractivity contribution >= 4 is 28.0 Å². The summed E-state index contributed by atoms with van der Waals surface area (Å²) >= 11 is 0. The van der Waals surface area contributed by atoms with Gasteiger partial charge in [0.2, 0.25) is 0 Å². The van der Waals surface area contributed by atoms with Crippen LogP contribution in [0.15, 0.2) is 83.3 Å². The Kier molecular flexibility index (Phi) is 5.13. The molecule has 7 heteroatoms. The molecule has 0 fully saturated rings. The fourth-order valence-electron chi connectivity index (χ4n) is 3.33. The van der Waals surface area contributed by atoms with E-state index >= 15 is 0 Å². The summed E-state index contributed by atoms with van der Waals surface area (Å²) in [7, 11) is 0. The lowest BCUT2D eigenvalue weighted by atomic mass is 10.2. The molecule has 1 N–H and O–H groups in total. The second kappa shape index (κ2) is 8.39. The first-order chi connectivity index (χ1) is 15.6. The van der Waals surface area contributed by atoms with E-state index in [-0.39, 0.29) is 5.89 Å². The lowest BCUT2D eigenvalue weighted by Crippen LogP contribution is -2.00. The van der Waals surface area contributed by atoms with E-state index in [1.165, 1.54) is 0 Å². The first-order valence-corrected chi connectivity index (χ1v) is 9.97. The number of nitrogens with zero attached hydrogens (tertiary/aromatic N) is 2. The van der Waals surface area contributed by atoms with Crippen molar-refractivity contribution in [2.45, 2.75) is 13.2 Å². The van der Waals surface area contributed by atoms with E-state index in [0.29, 0.717) is 30.1 Å². The highest BCUT2D eigenvalue weighted by molar-refractivity contribution is 5.87. The summed E-state index contributed by atoms with van der Waals surface area (Å²) in [6, 6.07) is 24.6. The molecule has 0 bridgehead atoms. The quantitative estimate of drug-likeness (QED) is 0.381. The molecule has 0 spiro atoms. The van der Waals surface area contributed by atoms with E-state index in [4.69, 9.17) is 19.0 Å². The Hall–Kier alpha value is -4.39. The Balaban J connectivity index is 1.23. The maximum absolute atomic E-state index is 11.0. The average Bonchev–Trinajstić information content (AvgIpc) is 3.25. The van der Waals surface area contributed by atoms with E-state index in [1.807, 2.05) is 60.7 Å². The van der Waals surface area contributed by atoms with Gasteiger partial charge in [0.1, 0.15) is 30.2 Å². The topological polar surface area (TPSA) is 94.7 Å². The highest BCUT2D eigenvalue weighted by Gasteiger charge is 2.13. The predicted octanol–water partition coefficient (Wildman–Crippen LogP) is 5.23. The zero-order chi connectivity index (χ0) is 21.9. The number of aromatic carboxylic acids is 1. The average molecular weight is 426 g/mol. The van der Waals surface area contributed by atoms with Crippen LogP contribution in [-0.4, -0.2) is 21.0 Å².